The van der Waals surface area contributed by atoms with E-state index in [-0.39, 0.29) is 0 Å². The Bertz CT molecular complexity index is 566. The van der Waals surface area contributed by atoms with Gasteiger partial charge in [-0.3, -0.25) is 0 Å². The Morgan fingerprint density at radius 2 is 2.11 bits per heavy atom. The van der Waals surface area contributed by atoms with Crippen LogP contribution in [0.2, 0.25) is 0 Å². The quantitative estimate of drug-likeness (QED) is 0.778. The molecule has 0 aromatic heterocycles. The number of nitrogens with zero attached hydrogens (tertiary/aromatic N) is 1. The summed E-state index contributed by atoms with van der Waals surface area (Å²) in [7, 11) is -1.40. The molecule has 0 radical (unpaired) electrons. The van der Waals surface area contributed by atoms with E-state index in [0.717, 1.165) is 0 Å². The maximum Gasteiger partial charge on any atom is 0.145 e. The number of ether oxygens (including phenoxy) is 1. The SMILES string of the molecule is CC(C)(C)[S@@](=O)/N=C1\CCOc2cc(Br)cc(F)c21. The maximum absolute atomic E-state index is 14.0. The molecule has 1 heterocycles. The van der Waals surface area contributed by atoms with Crippen molar-refractivity contribution in [3.8, 4) is 5.75 Å². The summed E-state index contributed by atoms with van der Waals surface area (Å²) in [6.45, 7) is 5.94. The van der Waals surface area contributed by atoms with Crippen LogP contribution in [-0.2, 0) is 11.0 Å². The minimum absolute atomic E-state index is 0.326. The topological polar surface area (TPSA) is 38.7 Å². The third kappa shape index (κ3) is 3.23. The second-order valence-corrected chi connectivity index (χ2v) is 8.08. The Labute approximate surface area is 123 Å². The molecule has 0 saturated carbocycles. The van der Waals surface area contributed by atoms with E-state index in [1.807, 2.05) is 20.8 Å². The fourth-order valence-electron chi connectivity index (χ4n) is 1.65. The first kappa shape index (κ1) is 14.7. The van der Waals surface area contributed by atoms with Crippen molar-refractivity contribution in [3.63, 3.8) is 0 Å². The van der Waals surface area contributed by atoms with E-state index in [9.17, 15) is 8.60 Å². The predicted octanol–water partition coefficient (Wildman–Crippen LogP) is 3.62. The zero-order valence-electron chi connectivity index (χ0n) is 11.0. The molecule has 1 atom stereocenters. The van der Waals surface area contributed by atoms with Gasteiger partial charge in [-0.15, -0.1) is 0 Å². The summed E-state index contributed by atoms with van der Waals surface area (Å²) in [5.74, 6) is 0.0384. The highest BCUT2D eigenvalue weighted by Gasteiger charge is 2.25. The Morgan fingerprint density at radius 1 is 1.42 bits per heavy atom. The molecule has 2 rings (SSSR count). The third-order valence-electron chi connectivity index (χ3n) is 2.62. The summed E-state index contributed by atoms with van der Waals surface area (Å²) in [6, 6.07) is 3.07. The van der Waals surface area contributed by atoms with Crippen molar-refractivity contribution in [1.29, 1.82) is 0 Å². The highest BCUT2D eigenvalue weighted by molar-refractivity contribution is 9.10. The second kappa shape index (κ2) is 5.32. The van der Waals surface area contributed by atoms with E-state index in [4.69, 9.17) is 4.74 Å². The van der Waals surface area contributed by atoms with Gasteiger partial charge in [-0.25, -0.2) is 8.60 Å². The van der Waals surface area contributed by atoms with Gasteiger partial charge in [0.2, 0.25) is 0 Å². The highest BCUT2D eigenvalue weighted by Crippen LogP contribution is 2.32. The van der Waals surface area contributed by atoms with Crippen molar-refractivity contribution < 1.29 is 13.3 Å². The van der Waals surface area contributed by atoms with Crippen molar-refractivity contribution in [2.75, 3.05) is 6.61 Å². The average Bonchev–Trinajstić information content (AvgIpc) is 2.26. The van der Waals surface area contributed by atoms with E-state index >= 15 is 0 Å². The zero-order chi connectivity index (χ0) is 14.2. The molecule has 19 heavy (non-hydrogen) atoms. The third-order valence-corrected chi connectivity index (χ3v) is 4.51. The van der Waals surface area contributed by atoms with Gasteiger partial charge in [-0.1, -0.05) is 15.9 Å². The Kier molecular flexibility index (Phi) is 4.11. The number of benzene rings is 1. The molecule has 1 aliphatic rings. The van der Waals surface area contributed by atoms with E-state index in [2.05, 4.69) is 20.3 Å². The van der Waals surface area contributed by atoms with Crippen LogP contribution in [0.15, 0.2) is 21.0 Å². The van der Waals surface area contributed by atoms with Crippen LogP contribution in [0.1, 0.15) is 32.8 Å². The molecule has 0 bridgehead atoms. The minimum atomic E-state index is -1.40. The van der Waals surface area contributed by atoms with Gasteiger partial charge < -0.3 is 4.74 Å². The summed E-state index contributed by atoms with van der Waals surface area (Å²) in [4.78, 5) is 0. The fraction of sp³-hybridized carbons (Fsp3) is 0.462. The van der Waals surface area contributed by atoms with Gasteiger partial charge in [0.05, 0.1) is 22.6 Å². The molecule has 0 amide bonds. The van der Waals surface area contributed by atoms with Crippen molar-refractivity contribution >= 4 is 32.6 Å². The summed E-state index contributed by atoms with van der Waals surface area (Å²) in [6.07, 6.45) is 0.466. The Balaban J connectivity index is 2.49. The van der Waals surface area contributed by atoms with Crippen molar-refractivity contribution in [1.82, 2.24) is 0 Å². The maximum atomic E-state index is 14.0. The smallest absolute Gasteiger partial charge is 0.145 e. The first-order valence-electron chi connectivity index (χ1n) is 5.91. The number of rotatable bonds is 1. The van der Waals surface area contributed by atoms with E-state index in [1.165, 1.54) is 6.07 Å². The number of halogens is 2. The van der Waals surface area contributed by atoms with E-state index in [1.54, 1.807) is 6.07 Å². The number of fused-ring (bicyclic) bond motifs is 1. The molecule has 0 unspecified atom stereocenters. The highest BCUT2D eigenvalue weighted by atomic mass is 79.9. The molecule has 1 aromatic rings. The normalized spacial score (nSPS) is 18.9. The summed E-state index contributed by atoms with van der Waals surface area (Å²) in [5.41, 5.74) is 0.839. The second-order valence-electron chi connectivity index (χ2n) is 5.26. The number of hydrogen-bond donors (Lipinski definition) is 0. The van der Waals surface area contributed by atoms with Crippen LogP contribution in [0.25, 0.3) is 0 Å². The lowest BCUT2D eigenvalue weighted by molar-refractivity contribution is 0.317. The minimum Gasteiger partial charge on any atom is -0.492 e. The lowest BCUT2D eigenvalue weighted by Crippen LogP contribution is -2.24. The summed E-state index contributed by atoms with van der Waals surface area (Å²) < 4.78 is 35.9. The lowest BCUT2D eigenvalue weighted by Gasteiger charge is -2.21. The van der Waals surface area contributed by atoms with Gasteiger partial charge in [0.25, 0.3) is 0 Å². The summed E-state index contributed by atoms with van der Waals surface area (Å²) >= 11 is 3.22. The molecule has 1 aromatic carbocycles. The molecule has 104 valence electrons. The van der Waals surface area contributed by atoms with Crippen LogP contribution in [-0.4, -0.2) is 21.3 Å². The molecular weight excluding hydrogens is 333 g/mol. The molecule has 0 saturated heterocycles. The molecule has 0 aliphatic carbocycles. The van der Waals surface area contributed by atoms with Gasteiger partial charge in [-0.05, 0) is 32.9 Å². The lowest BCUT2D eigenvalue weighted by atomic mass is 10.0. The molecule has 3 nitrogen and oxygen atoms in total. The zero-order valence-corrected chi connectivity index (χ0v) is 13.4. The van der Waals surface area contributed by atoms with Gasteiger partial charge in [0.15, 0.2) is 0 Å². The van der Waals surface area contributed by atoms with Crippen LogP contribution in [0.4, 0.5) is 4.39 Å². The average molecular weight is 348 g/mol. The van der Waals surface area contributed by atoms with Crippen LogP contribution < -0.4 is 4.74 Å². The van der Waals surface area contributed by atoms with Crippen molar-refractivity contribution in [2.45, 2.75) is 31.9 Å². The van der Waals surface area contributed by atoms with Crippen LogP contribution >= 0.6 is 15.9 Å². The fourth-order valence-corrected chi connectivity index (χ4v) is 2.72. The standard InChI is InChI=1S/C13H15BrFNO2S/c1-13(2,3)19(17)16-10-4-5-18-11-7-8(14)6-9(15)12(10)11/h6-7H,4-5H2,1-3H3/b16-10+/t19-/m1/s1. The van der Waals surface area contributed by atoms with Crippen LogP contribution in [0, 0.1) is 5.82 Å². The van der Waals surface area contributed by atoms with Gasteiger partial charge >= 0.3 is 0 Å². The molecule has 0 N–H and O–H groups in total. The van der Waals surface area contributed by atoms with Crippen LogP contribution in [0.5, 0.6) is 5.75 Å². The molecule has 1 aliphatic heterocycles. The largest absolute Gasteiger partial charge is 0.492 e. The summed E-state index contributed by atoms with van der Waals surface area (Å²) in [5, 5.41) is 0. The number of hydrogen-bond acceptors (Lipinski definition) is 2. The monoisotopic (exact) mass is 347 g/mol. The van der Waals surface area contributed by atoms with Crippen molar-refractivity contribution in [3.05, 3.63) is 28.0 Å². The first-order chi connectivity index (χ1) is 8.79. The van der Waals surface area contributed by atoms with E-state index < -0.39 is 21.5 Å². The Morgan fingerprint density at radius 3 is 2.74 bits per heavy atom. The van der Waals surface area contributed by atoms with Crippen LogP contribution in [0.3, 0.4) is 0 Å². The molecule has 6 heteroatoms. The van der Waals surface area contributed by atoms with Gasteiger partial charge in [0.1, 0.15) is 22.6 Å². The van der Waals surface area contributed by atoms with Gasteiger partial charge in [-0.2, -0.15) is 4.40 Å². The molecule has 0 spiro atoms. The molecular formula is C13H15BrFNO2S. The van der Waals surface area contributed by atoms with Crippen molar-refractivity contribution in [2.24, 2.45) is 4.40 Å². The van der Waals surface area contributed by atoms with E-state index in [0.29, 0.717) is 34.5 Å². The Hall–Kier alpha value is -0.750. The molecule has 0 fully saturated rings. The first-order valence-corrected chi connectivity index (χ1v) is 7.81. The van der Waals surface area contributed by atoms with Gasteiger partial charge in [0, 0.05) is 10.9 Å². The predicted molar refractivity (Wildman–Crippen MR) is 78.6 cm³/mol.